The molecule has 1 aromatic carbocycles. The minimum atomic E-state index is -0.791. The molecule has 0 aliphatic rings. The standard InChI is InChI=1S/C22H26N2O5/c1-4-28-16-20(22(26)27-3)24(2)21(25)12-9-17-7-10-19(11-8-17)29-15-18-6-5-13-23-14-18/h5-14,20H,4,15-16H2,1-3H3. The number of carbonyl (C=O) groups is 2. The van der Waals surface area contributed by atoms with Crippen molar-refractivity contribution in [2.45, 2.75) is 19.6 Å². The molecular weight excluding hydrogens is 372 g/mol. The highest BCUT2D eigenvalue weighted by molar-refractivity contribution is 5.94. The number of methoxy groups -OCH3 is 1. The quantitative estimate of drug-likeness (QED) is 0.452. The van der Waals surface area contributed by atoms with Crippen molar-refractivity contribution in [3.63, 3.8) is 0 Å². The van der Waals surface area contributed by atoms with Gasteiger partial charge in [0.1, 0.15) is 12.4 Å². The van der Waals surface area contributed by atoms with E-state index in [1.54, 1.807) is 25.5 Å². The molecule has 7 heteroatoms. The number of hydrogen-bond acceptors (Lipinski definition) is 6. The molecule has 2 aromatic rings. The molecule has 1 heterocycles. The Labute approximate surface area is 170 Å². The van der Waals surface area contributed by atoms with E-state index in [2.05, 4.69) is 4.98 Å². The van der Waals surface area contributed by atoms with E-state index in [-0.39, 0.29) is 12.5 Å². The monoisotopic (exact) mass is 398 g/mol. The van der Waals surface area contributed by atoms with Gasteiger partial charge in [-0.25, -0.2) is 4.79 Å². The molecule has 1 aromatic heterocycles. The summed E-state index contributed by atoms with van der Waals surface area (Å²) in [7, 11) is 2.83. The molecule has 1 atom stereocenters. The van der Waals surface area contributed by atoms with Crippen molar-refractivity contribution in [3.05, 3.63) is 66.0 Å². The van der Waals surface area contributed by atoms with E-state index in [1.165, 1.54) is 18.1 Å². The fraction of sp³-hybridized carbons (Fsp3) is 0.318. The zero-order valence-electron chi connectivity index (χ0n) is 16.9. The smallest absolute Gasteiger partial charge is 0.331 e. The number of hydrogen-bond donors (Lipinski definition) is 0. The molecule has 0 aliphatic carbocycles. The molecule has 2 rings (SSSR count). The average molecular weight is 398 g/mol. The van der Waals surface area contributed by atoms with Crippen LogP contribution in [0.25, 0.3) is 6.08 Å². The number of likely N-dealkylation sites (N-methyl/N-ethyl adjacent to an activating group) is 1. The molecule has 29 heavy (non-hydrogen) atoms. The van der Waals surface area contributed by atoms with Crippen molar-refractivity contribution in [1.29, 1.82) is 0 Å². The van der Waals surface area contributed by atoms with Gasteiger partial charge in [-0.05, 0) is 36.8 Å². The maximum Gasteiger partial charge on any atom is 0.331 e. The molecule has 0 radical (unpaired) electrons. The Bertz CT molecular complexity index is 806. The first-order chi connectivity index (χ1) is 14.0. The lowest BCUT2D eigenvalue weighted by atomic mass is 10.2. The van der Waals surface area contributed by atoms with Crippen molar-refractivity contribution in [3.8, 4) is 5.75 Å². The third-order valence-corrected chi connectivity index (χ3v) is 4.19. The normalized spacial score (nSPS) is 11.8. The highest BCUT2D eigenvalue weighted by Gasteiger charge is 2.26. The second-order valence-electron chi connectivity index (χ2n) is 6.20. The molecule has 154 valence electrons. The number of benzene rings is 1. The van der Waals surface area contributed by atoms with Gasteiger partial charge in [0.05, 0.1) is 13.7 Å². The number of carbonyl (C=O) groups excluding carboxylic acids is 2. The summed E-state index contributed by atoms with van der Waals surface area (Å²) in [5.74, 6) is -0.119. The zero-order valence-corrected chi connectivity index (χ0v) is 16.9. The summed E-state index contributed by atoms with van der Waals surface area (Å²) < 4.78 is 15.8. The molecule has 0 saturated heterocycles. The van der Waals surface area contributed by atoms with Gasteiger partial charge in [-0.15, -0.1) is 0 Å². The lowest BCUT2D eigenvalue weighted by Crippen LogP contribution is -2.45. The number of ether oxygens (including phenoxy) is 3. The Morgan fingerprint density at radius 2 is 1.97 bits per heavy atom. The van der Waals surface area contributed by atoms with Gasteiger partial charge in [0.15, 0.2) is 6.04 Å². The molecule has 0 saturated carbocycles. The van der Waals surface area contributed by atoms with Crippen LogP contribution in [-0.2, 0) is 25.7 Å². The summed E-state index contributed by atoms with van der Waals surface area (Å²) in [5, 5.41) is 0. The minimum Gasteiger partial charge on any atom is -0.489 e. The van der Waals surface area contributed by atoms with Crippen molar-refractivity contribution >= 4 is 18.0 Å². The fourth-order valence-electron chi connectivity index (χ4n) is 2.47. The number of rotatable bonds is 10. The number of amides is 1. The van der Waals surface area contributed by atoms with Crippen molar-refractivity contribution in [2.24, 2.45) is 0 Å². The first-order valence-corrected chi connectivity index (χ1v) is 9.27. The topological polar surface area (TPSA) is 78.0 Å². The van der Waals surface area contributed by atoms with Crippen LogP contribution in [-0.4, -0.2) is 55.2 Å². The Morgan fingerprint density at radius 1 is 1.21 bits per heavy atom. The van der Waals surface area contributed by atoms with Crippen LogP contribution < -0.4 is 4.74 Å². The fourth-order valence-corrected chi connectivity index (χ4v) is 2.47. The third kappa shape index (κ3) is 7.04. The Hall–Kier alpha value is -3.19. The van der Waals surface area contributed by atoms with Crippen molar-refractivity contribution in [2.75, 3.05) is 27.4 Å². The highest BCUT2D eigenvalue weighted by atomic mass is 16.5. The lowest BCUT2D eigenvalue weighted by Gasteiger charge is -2.24. The molecule has 0 spiro atoms. The molecule has 0 fully saturated rings. The van der Waals surface area contributed by atoms with Crippen molar-refractivity contribution in [1.82, 2.24) is 9.88 Å². The van der Waals surface area contributed by atoms with E-state index in [4.69, 9.17) is 14.2 Å². The zero-order chi connectivity index (χ0) is 21.1. The predicted octanol–water partition coefficient (Wildman–Crippen LogP) is 2.71. The molecule has 7 nitrogen and oxygen atoms in total. The van der Waals surface area contributed by atoms with Gasteiger partial charge in [-0.3, -0.25) is 9.78 Å². The molecule has 0 aliphatic heterocycles. The van der Waals surface area contributed by atoms with Crippen LogP contribution in [0.2, 0.25) is 0 Å². The largest absolute Gasteiger partial charge is 0.489 e. The van der Waals surface area contributed by atoms with E-state index in [0.717, 1.165) is 16.9 Å². The number of esters is 1. The summed E-state index contributed by atoms with van der Waals surface area (Å²) in [6.07, 6.45) is 6.56. The number of nitrogens with zero attached hydrogens (tertiary/aromatic N) is 2. The molecule has 1 unspecified atom stereocenters. The second kappa shape index (κ2) is 11.6. The van der Waals surface area contributed by atoms with Gasteiger partial charge < -0.3 is 19.1 Å². The van der Waals surface area contributed by atoms with Gasteiger partial charge in [0.25, 0.3) is 0 Å². The molecular formula is C22H26N2O5. The maximum absolute atomic E-state index is 12.4. The Balaban J connectivity index is 1.93. The predicted molar refractivity (Wildman–Crippen MR) is 109 cm³/mol. The third-order valence-electron chi connectivity index (χ3n) is 4.19. The number of aromatic nitrogens is 1. The maximum atomic E-state index is 12.4. The van der Waals surface area contributed by atoms with Crippen LogP contribution in [0.15, 0.2) is 54.9 Å². The van der Waals surface area contributed by atoms with Crippen LogP contribution in [0, 0.1) is 0 Å². The Kier molecular flexibility index (Phi) is 8.85. The molecule has 0 N–H and O–H groups in total. The van der Waals surface area contributed by atoms with Gasteiger partial charge in [-0.1, -0.05) is 18.2 Å². The van der Waals surface area contributed by atoms with Gasteiger partial charge in [0.2, 0.25) is 5.91 Å². The van der Waals surface area contributed by atoms with Gasteiger partial charge >= 0.3 is 5.97 Å². The first kappa shape index (κ1) is 22.1. The van der Waals surface area contributed by atoms with Gasteiger partial charge in [-0.2, -0.15) is 0 Å². The van der Waals surface area contributed by atoms with Crippen LogP contribution in [0.1, 0.15) is 18.1 Å². The minimum absolute atomic E-state index is 0.0855. The van der Waals surface area contributed by atoms with E-state index in [9.17, 15) is 9.59 Å². The van der Waals surface area contributed by atoms with Crippen molar-refractivity contribution < 1.29 is 23.8 Å². The lowest BCUT2D eigenvalue weighted by molar-refractivity contribution is -0.152. The van der Waals surface area contributed by atoms with Crippen LogP contribution in [0.5, 0.6) is 5.75 Å². The average Bonchev–Trinajstić information content (AvgIpc) is 2.77. The Morgan fingerprint density at radius 3 is 2.59 bits per heavy atom. The van der Waals surface area contributed by atoms with E-state index in [0.29, 0.717) is 13.2 Å². The highest BCUT2D eigenvalue weighted by Crippen LogP contribution is 2.15. The summed E-state index contributed by atoms with van der Waals surface area (Å²) in [5.41, 5.74) is 1.82. The van der Waals surface area contributed by atoms with Crippen LogP contribution in [0.3, 0.4) is 0 Å². The van der Waals surface area contributed by atoms with E-state index >= 15 is 0 Å². The second-order valence-corrected chi connectivity index (χ2v) is 6.20. The summed E-state index contributed by atoms with van der Waals surface area (Å²) in [6, 6.07) is 10.4. The van der Waals surface area contributed by atoms with Gasteiger partial charge in [0, 0.05) is 37.7 Å². The molecule has 1 amide bonds. The summed E-state index contributed by atoms with van der Waals surface area (Å²) in [4.78, 5) is 29.7. The summed E-state index contributed by atoms with van der Waals surface area (Å²) >= 11 is 0. The van der Waals surface area contributed by atoms with Crippen LogP contribution in [0.4, 0.5) is 0 Å². The van der Waals surface area contributed by atoms with E-state index in [1.807, 2.05) is 43.3 Å². The molecule has 0 bridgehead atoms. The SMILES string of the molecule is CCOCC(C(=O)OC)N(C)C(=O)C=Cc1ccc(OCc2cccnc2)cc1. The summed E-state index contributed by atoms with van der Waals surface area (Å²) in [6.45, 7) is 2.78. The number of pyridine rings is 1. The first-order valence-electron chi connectivity index (χ1n) is 9.27. The van der Waals surface area contributed by atoms with E-state index < -0.39 is 12.0 Å². The van der Waals surface area contributed by atoms with Crippen LogP contribution >= 0.6 is 0 Å².